The van der Waals surface area contributed by atoms with Crippen LogP contribution in [0, 0.1) is 11.8 Å². The van der Waals surface area contributed by atoms with Crippen LogP contribution in [0.4, 0.5) is 5.82 Å². The number of carbonyl (C=O) groups is 1. The summed E-state index contributed by atoms with van der Waals surface area (Å²) < 4.78 is 5.25. The van der Waals surface area contributed by atoms with Gasteiger partial charge in [-0.05, 0) is 30.9 Å². The number of nitrogens with one attached hydrogen (secondary N) is 1. The third kappa shape index (κ3) is 4.20. The Morgan fingerprint density at radius 3 is 3.04 bits per heavy atom. The minimum Gasteiger partial charge on any atom is -0.356 e. The number of hydrogen-bond acceptors (Lipinski definition) is 6. The Morgan fingerprint density at radius 2 is 2.31 bits per heavy atom. The van der Waals surface area contributed by atoms with Crippen molar-refractivity contribution in [2.45, 2.75) is 40.0 Å². The summed E-state index contributed by atoms with van der Waals surface area (Å²) in [5.74, 6) is 2.54. The number of piperidine rings is 1. The Bertz CT molecular complexity index is 743. The molecule has 0 spiro atoms. The molecule has 2 aromatic rings. The van der Waals surface area contributed by atoms with Gasteiger partial charge in [-0.15, -0.1) is 0 Å². The Kier molecular flexibility index (Phi) is 5.85. The van der Waals surface area contributed by atoms with Crippen molar-refractivity contribution in [3.05, 3.63) is 24.2 Å². The standard InChI is InChI=1S/C19H27N5O2/c1-4-16-22-17(23-26-16)15-8-5-9-20-18(15)24-10-6-7-14(12-24)19(25)21-11-13(2)3/h5,8-9,13-14H,4,6-7,10-12H2,1-3H3,(H,21,25). The first-order valence-electron chi connectivity index (χ1n) is 9.39. The monoisotopic (exact) mass is 357 g/mol. The molecular formula is C19H27N5O2. The second-order valence-electron chi connectivity index (χ2n) is 7.16. The molecule has 3 rings (SSSR count). The lowest BCUT2D eigenvalue weighted by Crippen LogP contribution is -2.44. The van der Waals surface area contributed by atoms with Gasteiger partial charge in [0.15, 0.2) is 0 Å². The summed E-state index contributed by atoms with van der Waals surface area (Å²) in [6.45, 7) is 8.42. The molecule has 26 heavy (non-hydrogen) atoms. The van der Waals surface area contributed by atoms with Gasteiger partial charge < -0.3 is 14.7 Å². The number of anilines is 1. The maximum absolute atomic E-state index is 12.5. The lowest BCUT2D eigenvalue weighted by molar-refractivity contribution is -0.125. The average Bonchev–Trinajstić information content (AvgIpc) is 3.15. The lowest BCUT2D eigenvalue weighted by atomic mass is 9.96. The Labute approximate surface area is 154 Å². The van der Waals surface area contributed by atoms with Crippen LogP contribution in [-0.4, -0.2) is 40.7 Å². The first-order valence-corrected chi connectivity index (χ1v) is 9.39. The van der Waals surface area contributed by atoms with E-state index in [2.05, 4.69) is 39.2 Å². The summed E-state index contributed by atoms with van der Waals surface area (Å²) in [5.41, 5.74) is 0.846. The highest BCUT2D eigenvalue weighted by Crippen LogP contribution is 2.30. The van der Waals surface area contributed by atoms with Crippen LogP contribution >= 0.6 is 0 Å². The van der Waals surface area contributed by atoms with Crippen LogP contribution in [0.3, 0.4) is 0 Å². The van der Waals surface area contributed by atoms with Crippen molar-refractivity contribution in [1.82, 2.24) is 20.4 Å². The number of nitrogens with zero attached hydrogens (tertiary/aromatic N) is 4. The Hall–Kier alpha value is -2.44. The van der Waals surface area contributed by atoms with Crippen LogP contribution in [0.15, 0.2) is 22.9 Å². The van der Waals surface area contributed by atoms with Crippen molar-refractivity contribution in [3.8, 4) is 11.4 Å². The quantitative estimate of drug-likeness (QED) is 0.856. The number of hydrogen-bond donors (Lipinski definition) is 1. The molecule has 140 valence electrons. The molecule has 7 heteroatoms. The zero-order chi connectivity index (χ0) is 18.5. The molecule has 1 amide bonds. The van der Waals surface area contributed by atoms with E-state index >= 15 is 0 Å². The summed E-state index contributed by atoms with van der Waals surface area (Å²) in [4.78, 5) is 23.6. The minimum atomic E-state index is -0.0196. The second kappa shape index (κ2) is 8.29. The van der Waals surface area contributed by atoms with Gasteiger partial charge in [-0.1, -0.05) is 25.9 Å². The molecule has 0 bridgehead atoms. The third-order valence-corrected chi connectivity index (χ3v) is 4.57. The molecule has 1 atom stereocenters. The maximum Gasteiger partial charge on any atom is 0.226 e. The highest BCUT2D eigenvalue weighted by atomic mass is 16.5. The van der Waals surface area contributed by atoms with Crippen molar-refractivity contribution in [2.24, 2.45) is 11.8 Å². The van der Waals surface area contributed by atoms with Crippen molar-refractivity contribution in [3.63, 3.8) is 0 Å². The number of aromatic nitrogens is 3. The van der Waals surface area contributed by atoms with Gasteiger partial charge in [-0.25, -0.2) is 4.98 Å². The van der Waals surface area contributed by atoms with Gasteiger partial charge in [0.1, 0.15) is 5.82 Å². The van der Waals surface area contributed by atoms with Crippen LogP contribution in [0.5, 0.6) is 0 Å². The van der Waals surface area contributed by atoms with E-state index in [4.69, 9.17) is 4.52 Å². The molecule has 7 nitrogen and oxygen atoms in total. The van der Waals surface area contributed by atoms with Gasteiger partial charge in [0.25, 0.3) is 0 Å². The lowest BCUT2D eigenvalue weighted by Gasteiger charge is -2.33. The molecule has 1 N–H and O–H groups in total. The fourth-order valence-corrected chi connectivity index (χ4v) is 3.16. The molecule has 0 radical (unpaired) electrons. The largest absolute Gasteiger partial charge is 0.356 e. The normalized spacial score (nSPS) is 17.5. The smallest absolute Gasteiger partial charge is 0.226 e. The van der Waals surface area contributed by atoms with Gasteiger partial charge in [0.2, 0.25) is 17.6 Å². The van der Waals surface area contributed by atoms with Crippen molar-refractivity contribution >= 4 is 11.7 Å². The van der Waals surface area contributed by atoms with E-state index in [1.54, 1.807) is 6.20 Å². The summed E-state index contributed by atoms with van der Waals surface area (Å²) in [5, 5.41) is 7.14. The summed E-state index contributed by atoms with van der Waals surface area (Å²) >= 11 is 0. The van der Waals surface area contributed by atoms with Crippen molar-refractivity contribution in [1.29, 1.82) is 0 Å². The predicted octanol–water partition coefficient (Wildman–Crippen LogP) is 2.68. The number of rotatable bonds is 6. The van der Waals surface area contributed by atoms with Crippen LogP contribution in [0.25, 0.3) is 11.4 Å². The van der Waals surface area contributed by atoms with E-state index in [9.17, 15) is 4.79 Å². The molecule has 1 aliphatic rings. The number of carbonyl (C=O) groups excluding carboxylic acids is 1. The molecule has 0 aromatic carbocycles. The molecule has 0 saturated carbocycles. The second-order valence-corrected chi connectivity index (χ2v) is 7.16. The number of pyridine rings is 1. The molecule has 1 fully saturated rings. The first-order chi connectivity index (χ1) is 12.6. The van der Waals surface area contributed by atoms with Gasteiger partial charge in [-0.3, -0.25) is 4.79 Å². The zero-order valence-corrected chi connectivity index (χ0v) is 15.7. The third-order valence-electron chi connectivity index (χ3n) is 4.57. The Balaban J connectivity index is 1.77. The van der Waals surface area contributed by atoms with Crippen LogP contribution in [-0.2, 0) is 11.2 Å². The topological polar surface area (TPSA) is 84.2 Å². The van der Waals surface area contributed by atoms with E-state index < -0.39 is 0 Å². The van der Waals surface area contributed by atoms with Gasteiger partial charge in [0.05, 0.1) is 11.5 Å². The fourth-order valence-electron chi connectivity index (χ4n) is 3.16. The molecular weight excluding hydrogens is 330 g/mol. The van der Waals surface area contributed by atoms with Crippen LogP contribution in [0.1, 0.15) is 39.5 Å². The van der Waals surface area contributed by atoms with Gasteiger partial charge in [0, 0.05) is 32.3 Å². The van der Waals surface area contributed by atoms with E-state index in [1.165, 1.54) is 0 Å². The molecule has 1 aliphatic heterocycles. The van der Waals surface area contributed by atoms with Crippen molar-refractivity contribution < 1.29 is 9.32 Å². The minimum absolute atomic E-state index is 0.0196. The molecule has 1 saturated heterocycles. The highest BCUT2D eigenvalue weighted by molar-refractivity contribution is 5.80. The molecule has 0 aliphatic carbocycles. The molecule has 2 aromatic heterocycles. The predicted molar refractivity (Wildman–Crippen MR) is 99.7 cm³/mol. The maximum atomic E-state index is 12.5. The highest BCUT2D eigenvalue weighted by Gasteiger charge is 2.28. The van der Waals surface area contributed by atoms with E-state index in [0.717, 1.165) is 30.8 Å². The summed E-state index contributed by atoms with van der Waals surface area (Å²) in [6.07, 6.45) is 4.33. The molecule has 1 unspecified atom stereocenters. The zero-order valence-electron chi connectivity index (χ0n) is 15.7. The van der Waals surface area contributed by atoms with Crippen molar-refractivity contribution in [2.75, 3.05) is 24.5 Å². The average molecular weight is 357 g/mol. The van der Waals surface area contributed by atoms with Gasteiger partial charge >= 0.3 is 0 Å². The number of aryl methyl sites for hydroxylation is 1. The van der Waals surface area contributed by atoms with E-state index in [1.807, 2.05) is 19.1 Å². The number of amides is 1. The fraction of sp³-hybridized carbons (Fsp3) is 0.579. The van der Waals surface area contributed by atoms with Crippen LogP contribution in [0.2, 0.25) is 0 Å². The van der Waals surface area contributed by atoms with E-state index in [-0.39, 0.29) is 11.8 Å². The summed E-state index contributed by atoms with van der Waals surface area (Å²) in [7, 11) is 0. The summed E-state index contributed by atoms with van der Waals surface area (Å²) in [6, 6.07) is 3.83. The molecule has 3 heterocycles. The van der Waals surface area contributed by atoms with Gasteiger partial charge in [-0.2, -0.15) is 4.98 Å². The first kappa shape index (κ1) is 18.4. The Morgan fingerprint density at radius 1 is 1.46 bits per heavy atom. The van der Waals surface area contributed by atoms with Crippen LogP contribution < -0.4 is 10.2 Å². The van der Waals surface area contributed by atoms with E-state index in [0.29, 0.717) is 37.1 Å². The SMILES string of the molecule is CCc1nc(-c2cccnc2N2CCCC(C(=O)NCC(C)C)C2)no1.